The highest BCUT2D eigenvalue weighted by atomic mass is 32.2. The number of aromatic nitrogens is 4. The van der Waals surface area contributed by atoms with E-state index in [1.165, 1.54) is 11.8 Å². The zero-order valence-corrected chi connectivity index (χ0v) is 17.2. The number of rotatable bonds is 9. The van der Waals surface area contributed by atoms with Gasteiger partial charge < -0.3 is 18.2 Å². The van der Waals surface area contributed by atoms with Crippen molar-refractivity contribution >= 4 is 17.7 Å². The van der Waals surface area contributed by atoms with Gasteiger partial charge in [-0.15, -0.1) is 10.2 Å². The Bertz CT molecular complexity index is 1090. The smallest absolute Gasteiger partial charge is 0.313 e. The Balaban J connectivity index is 1.51. The van der Waals surface area contributed by atoms with Crippen molar-refractivity contribution in [2.24, 2.45) is 0 Å². The van der Waals surface area contributed by atoms with Crippen molar-refractivity contribution in [1.29, 1.82) is 0 Å². The summed E-state index contributed by atoms with van der Waals surface area (Å²) >= 11 is 1.48. The zero-order valence-electron chi connectivity index (χ0n) is 16.4. The highest BCUT2D eigenvalue weighted by Gasteiger charge is 2.18. The Labute approximate surface area is 177 Å². The van der Waals surface area contributed by atoms with Gasteiger partial charge in [0, 0.05) is 11.8 Å². The quantitative estimate of drug-likeness (QED) is 0.294. The van der Waals surface area contributed by atoms with Crippen molar-refractivity contribution in [3.05, 3.63) is 71.9 Å². The van der Waals surface area contributed by atoms with E-state index in [0.717, 1.165) is 11.3 Å². The maximum absolute atomic E-state index is 12.0. The van der Waals surface area contributed by atoms with Gasteiger partial charge in [0.25, 0.3) is 0 Å². The number of benzene rings is 1. The summed E-state index contributed by atoms with van der Waals surface area (Å²) in [5.41, 5.74) is 1.85. The minimum atomic E-state index is -0.324. The van der Waals surface area contributed by atoms with E-state index in [1.54, 1.807) is 19.3 Å². The first kappa shape index (κ1) is 20.0. The van der Waals surface area contributed by atoms with Crippen molar-refractivity contribution in [2.75, 3.05) is 6.61 Å². The molecule has 8 nitrogen and oxygen atoms in total. The lowest BCUT2D eigenvalue weighted by molar-refractivity contribution is -0.142. The summed E-state index contributed by atoms with van der Waals surface area (Å²) in [5, 5.41) is 13.3. The molecule has 0 aliphatic rings. The fraction of sp³-hybridized carbons (Fsp3) is 0.238. The number of ether oxygens (including phenoxy) is 1. The summed E-state index contributed by atoms with van der Waals surface area (Å²) in [6, 6.07) is 15.4. The van der Waals surface area contributed by atoms with Crippen LogP contribution in [0.25, 0.3) is 11.5 Å². The first-order valence-electron chi connectivity index (χ1n) is 9.47. The number of furan rings is 1. The predicted molar refractivity (Wildman–Crippen MR) is 110 cm³/mol. The van der Waals surface area contributed by atoms with Gasteiger partial charge in [-0.2, -0.15) is 0 Å². The lowest BCUT2D eigenvalue weighted by Crippen LogP contribution is -2.14. The van der Waals surface area contributed by atoms with Crippen molar-refractivity contribution in [2.45, 2.75) is 30.8 Å². The molecule has 0 bridgehead atoms. The van der Waals surface area contributed by atoms with Crippen molar-refractivity contribution in [3.8, 4) is 11.5 Å². The number of hydrogen-bond donors (Lipinski definition) is 0. The summed E-state index contributed by atoms with van der Waals surface area (Å²) in [6.45, 7) is 2.67. The van der Waals surface area contributed by atoms with E-state index in [2.05, 4.69) is 15.4 Å². The fourth-order valence-corrected chi connectivity index (χ4v) is 3.71. The van der Waals surface area contributed by atoms with Crippen LogP contribution in [0.4, 0.5) is 0 Å². The Kier molecular flexibility index (Phi) is 6.29. The molecule has 0 amide bonds. The van der Waals surface area contributed by atoms with Crippen molar-refractivity contribution in [1.82, 2.24) is 19.9 Å². The molecule has 0 N–H and O–H groups in total. The maximum Gasteiger partial charge on any atom is 0.313 e. The predicted octanol–water partition coefficient (Wildman–Crippen LogP) is 3.97. The topological polar surface area (TPSA) is 96.2 Å². The van der Waals surface area contributed by atoms with Gasteiger partial charge in [-0.1, -0.05) is 47.3 Å². The van der Waals surface area contributed by atoms with Crippen LogP contribution in [0.1, 0.15) is 24.0 Å². The lowest BCUT2D eigenvalue weighted by atomic mass is 10.2. The second-order valence-corrected chi connectivity index (χ2v) is 7.34. The molecule has 9 heteroatoms. The van der Waals surface area contributed by atoms with Crippen molar-refractivity contribution < 1.29 is 18.5 Å². The number of nitrogens with zero attached hydrogens (tertiary/aromatic N) is 4. The highest BCUT2D eigenvalue weighted by molar-refractivity contribution is 7.98. The standard InChI is InChI=1S/C21H20N4O4S/c1-2-27-20(26)12-19-22-23-21(25(19)13-15-7-4-3-5-8-15)30-14-16-11-18(29-24-16)17-9-6-10-28-17/h3-11H,2,12-14H2,1H3. The Hall–Kier alpha value is -3.33. The zero-order chi connectivity index (χ0) is 20.8. The van der Waals surface area contributed by atoms with E-state index in [4.69, 9.17) is 13.7 Å². The molecule has 30 heavy (non-hydrogen) atoms. The largest absolute Gasteiger partial charge is 0.466 e. The average Bonchev–Trinajstić information content (AvgIpc) is 3.50. The van der Waals surface area contributed by atoms with Gasteiger partial charge >= 0.3 is 5.97 Å². The van der Waals surface area contributed by atoms with Crippen LogP contribution in [0, 0.1) is 0 Å². The third kappa shape index (κ3) is 4.80. The highest BCUT2D eigenvalue weighted by Crippen LogP contribution is 2.26. The molecule has 0 fully saturated rings. The van der Waals surface area contributed by atoms with Crippen LogP contribution in [0.2, 0.25) is 0 Å². The van der Waals surface area contributed by atoms with Crippen LogP contribution in [-0.2, 0) is 28.2 Å². The normalized spacial score (nSPS) is 11.0. The molecule has 0 aliphatic carbocycles. The molecule has 1 aromatic carbocycles. The summed E-state index contributed by atoms with van der Waals surface area (Å²) in [4.78, 5) is 12.0. The average molecular weight is 424 g/mol. The molecule has 0 radical (unpaired) electrons. The second kappa shape index (κ2) is 9.45. The molecular formula is C21H20N4O4S. The molecule has 3 aromatic heterocycles. The molecule has 0 saturated heterocycles. The molecule has 154 valence electrons. The molecule has 0 saturated carbocycles. The second-order valence-electron chi connectivity index (χ2n) is 6.40. The molecule has 0 atom stereocenters. The summed E-state index contributed by atoms with van der Waals surface area (Å²) in [5.74, 6) is 1.98. The van der Waals surface area contributed by atoms with E-state index in [1.807, 2.05) is 47.0 Å². The number of thioether (sulfide) groups is 1. The van der Waals surface area contributed by atoms with E-state index in [9.17, 15) is 4.79 Å². The fourth-order valence-electron chi connectivity index (χ4n) is 2.88. The number of hydrogen-bond acceptors (Lipinski definition) is 8. The lowest BCUT2D eigenvalue weighted by Gasteiger charge is -2.10. The third-order valence-corrected chi connectivity index (χ3v) is 5.26. The van der Waals surface area contributed by atoms with Gasteiger partial charge in [0.15, 0.2) is 10.9 Å². The van der Waals surface area contributed by atoms with Gasteiger partial charge in [-0.3, -0.25) is 4.79 Å². The molecule has 0 unspecified atom stereocenters. The molecule has 4 rings (SSSR count). The molecular weight excluding hydrogens is 404 g/mol. The molecule has 0 spiro atoms. The van der Waals surface area contributed by atoms with Gasteiger partial charge in [0.1, 0.15) is 12.2 Å². The summed E-state index contributed by atoms with van der Waals surface area (Å²) in [7, 11) is 0. The van der Waals surface area contributed by atoms with Crippen LogP contribution in [0.5, 0.6) is 0 Å². The number of esters is 1. The minimum Gasteiger partial charge on any atom is -0.466 e. The third-order valence-electron chi connectivity index (χ3n) is 4.26. The van der Waals surface area contributed by atoms with Gasteiger partial charge in [0.2, 0.25) is 5.76 Å². The number of carbonyl (C=O) groups excluding carboxylic acids is 1. The monoisotopic (exact) mass is 424 g/mol. The van der Waals surface area contributed by atoms with E-state index >= 15 is 0 Å². The SMILES string of the molecule is CCOC(=O)Cc1nnc(SCc2cc(-c3ccco3)on2)n1Cc1ccccc1. The minimum absolute atomic E-state index is 0.0703. The molecule has 4 aromatic rings. The van der Waals surface area contributed by atoms with Crippen LogP contribution >= 0.6 is 11.8 Å². The molecule has 0 aliphatic heterocycles. The van der Waals surface area contributed by atoms with E-state index < -0.39 is 0 Å². The van der Waals surface area contributed by atoms with Gasteiger partial charge in [0.05, 0.1) is 25.1 Å². The van der Waals surface area contributed by atoms with Crippen LogP contribution in [0.3, 0.4) is 0 Å². The summed E-state index contributed by atoms with van der Waals surface area (Å²) < 4.78 is 17.7. The van der Waals surface area contributed by atoms with E-state index in [0.29, 0.717) is 41.4 Å². The molecule has 3 heterocycles. The van der Waals surface area contributed by atoms with Crippen LogP contribution < -0.4 is 0 Å². The van der Waals surface area contributed by atoms with Crippen LogP contribution in [-0.4, -0.2) is 32.5 Å². The van der Waals surface area contributed by atoms with E-state index in [-0.39, 0.29) is 12.4 Å². The maximum atomic E-state index is 12.0. The summed E-state index contributed by atoms with van der Waals surface area (Å²) in [6.07, 6.45) is 1.66. The Morgan fingerprint density at radius 1 is 1.13 bits per heavy atom. The van der Waals surface area contributed by atoms with Crippen LogP contribution in [0.15, 0.2) is 68.9 Å². The van der Waals surface area contributed by atoms with Gasteiger partial charge in [-0.05, 0) is 24.6 Å². The van der Waals surface area contributed by atoms with Gasteiger partial charge in [-0.25, -0.2) is 0 Å². The first-order valence-corrected chi connectivity index (χ1v) is 10.5. The number of carbonyl (C=O) groups is 1. The Morgan fingerprint density at radius 2 is 2.00 bits per heavy atom. The Morgan fingerprint density at radius 3 is 2.77 bits per heavy atom. The van der Waals surface area contributed by atoms with Crippen molar-refractivity contribution in [3.63, 3.8) is 0 Å². The first-order chi connectivity index (χ1) is 14.7.